The number of carbonyl (C=O) groups excluding carboxylic acids is 1. The summed E-state index contributed by atoms with van der Waals surface area (Å²) in [4.78, 5) is 17.3. The molecule has 2 aromatic rings. The molecule has 0 atom stereocenters. The quantitative estimate of drug-likeness (QED) is 0.794. The molecule has 2 amide bonds. The summed E-state index contributed by atoms with van der Waals surface area (Å²) in [5, 5.41) is 3.29. The van der Waals surface area contributed by atoms with Crippen molar-refractivity contribution in [1.29, 1.82) is 0 Å². The summed E-state index contributed by atoms with van der Waals surface area (Å²) in [6.07, 6.45) is 5.13. The highest BCUT2D eigenvalue weighted by molar-refractivity contribution is 5.93. The van der Waals surface area contributed by atoms with Crippen LogP contribution in [0.3, 0.4) is 0 Å². The number of amides is 2. The van der Waals surface area contributed by atoms with Crippen molar-refractivity contribution in [3.8, 4) is 5.75 Å². The highest BCUT2D eigenvalue weighted by Gasteiger charge is 2.26. The van der Waals surface area contributed by atoms with E-state index in [-0.39, 0.29) is 24.5 Å². The lowest BCUT2D eigenvalue weighted by molar-refractivity contribution is 0.240. The van der Waals surface area contributed by atoms with Gasteiger partial charge in [0.15, 0.2) is 0 Å². The summed E-state index contributed by atoms with van der Waals surface area (Å²) >= 11 is 0. The molecular weight excluding hydrogens is 386 g/mol. The molecule has 0 aromatic heterocycles. The van der Waals surface area contributed by atoms with Gasteiger partial charge in [-0.1, -0.05) is 30.3 Å². The fourth-order valence-corrected chi connectivity index (χ4v) is 4.31. The number of hydrogen-bond acceptors (Lipinski definition) is 3. The third kappa shape index (κ3) is 4.78. The van der Waals surface area contributed by atoms with Crippen LogP contribution in [0.4, 0.5) is 16.2 Å². The Bertz CT molecular complexity index is 821. The number of aryl methyl sites for hydroxylation is 1. The highest BCUT2D eigenvalue weighted by atomic mass is 35.5. The number of methoxy groups -OCH3 is 1. The zero-order valence-electron chi connectivity index (χ0n) is 17.0. The number of halogens is 1. The van der Waals surface area contributed by atoms with Gasteiger partial charge in [0.25, 0.3) is 0 Å². The Kier molecular flexibility index (Phi) is 7.26. The van der Waals surface area contributed by atoms with E-state index in [1.165, 1.54) is 5.56 Å². The molecule has 156 valence electrons. The number of piperidine rings is 1. The molecule has 1 saturated heterocycles. The van der Waals surface area contributed by atoms with Crippen LogP contribution >= 0.6 is 12.4 Å². The number of urea groups is 1. The van der Waals surface area contributed by atoms with Gasteiger partial charge in [-0.05, 0) is 55.9 Å². The van der Waals surface area contributed by atoms with E-state index in [0.29, 0.717) is 0 Å². The van der Waals surface area contributed by atoms with E-state index in [1.54, 1.807) is 7.11 Å². The van der Waals surface area contributed by atoms with E-state index in [1.807, 2.05) is 29.2 Å². The second-order valence-corrected chi connectivity index (χ2v) is 7.62. The molecule has 0 radical (unpaired) electrons. The van der Waals surface area contributed by atoms with Crippen molar-refractivity contribution in [1.82, 2.24) is 5.32 Å². The zero-order valence-corrected chi connectivity index (χ0v) is 17.8. The summed E-state index contributed by atoms with van der Waals surface area (Å²) in [5.41, 5.74) is 3.49. The monoisotopic (exact) mass is 415 g/mol. The zero-order chi connectivity index (χ0) is 19.3. The maximum Gasteiger partial charge on any atom is 0.322 e. The summed E-state index contributed by atoms with van der Waals surface area (Å²) < 4.78 is 5.50. The van der Waals surface area contributed by atoms with E-state index >= 15 is 0 Å². The van der Waals surface area contributed by atoms with Crippen LogP contribution in [-0.2, 0) is 6.42 Å². The van der Waals surface area contributed by atoms with Gasteiger partial charge in [0, 0.05) is 31.4 Å². The lowest BCUT2D eigenvalue weighted by Gasteiger charge is -2.35. The molecule has 29 heavy (non-hydrogen) atoms. The highest BCUT2D eigenvalue weighted by Crippen LogP contribution is 2.30. The Morgan fingerprint density at radius 3 is 2.41 bits per heavy atom. The Morgan fingerprint density at radius 1 is 0.966 bits per heavy atom. The topological polar surface area (TPSA) is 44.8 Å². The van der Waals surface area contributed by atoms with Crippen molar-refractivity contribution < 1.29 is 9.53 Å². The number of hydrogen-bond donors (Lipinski definition) is 1. The van der Waals surface area contributed by atoms with Crippen molar-refractivity contribution in [2.45, 2.75) is 38.1 Å². The first-order chi connectivity index (χ1) is 13.8. The minimum absolute atomic E-state index is 0. The van der Waals surface area contributed by atoms with Crippen LogP contribution < -0.4 is 19.9 Å². The Hall–Kier alpha value is -2.40. The Morgan fingerprint density at radius 2 is 1.66 bits per heavy atom. The van der Waals surface area contributed by atoms with Crippen molar-refractivity contribution in [3.05, 3.63) is 54.1 Å². The minimum atomic E-state index is 0. The van der Waals surface area contributed by atoms with E-state index in [0.717, 1.165) is 68.9 Å². The third-order valence-electron chi connectivity index (χ3n) is 5.85. The first-order valence-corrected chi connectivity index (χ1v) is 10.3. The van der Waals surface area contributed by atoms with Gasteiger partial charge in [0.2, 0.25) is 0 Å². The normalized spacial score (nSPS) is 17.0. The maximum atomic E-state index is 13.0. The number of nitrogens with zero attached hydrogens (tertiary/aromatic N) is 2. The van der Waals surface area contributed by atoms with Crippen molar-refractivity contribution in [2.24, 2.45) is 0 Å². The number of fused-ring (bicyclic) bond motifs is 1. The number of carbonyl (C=O) groups is 1. The van der Waals surface area contributed by atoms with Crippen LogP contribution in [-0.4, -0.2) is 38.8 Å². The van der Waals surface area contributed by atoms with Crippen molar-refractivity contribution >= 4 is 29.8 Å². The Balaban J connectivity index is 0.00000240. The molecule has 6 heteroatoms. The van der Waals surface area contributed by atoms with Crippen molar-refractivity contribution in [2.75, 3.05) is 36.5 Å². The third-order valence-corrected chi connectivity index (χ3v) is 5.85. The smallest absolute Gasteiger partial charge is 0.322 e. The molecular formula is C23H30ClN3O2. The number of nitrogens with one attached hydrogen (secondary N) is 1. The molecule has 2 aliphatic rings. The Labute approximate surface area is 179 Å². The molecule has 1 N–H and O–H groups in total. The molecule has 2 heterocycles. The molecule has 0 spiro atoms. The van der Waals surface area contributed by atoms with Crippen LogP contribution in [0.1, 0.15) is 31.2 Å². The molecule has 0 saturated carbocycles. The average Bonchev–Trinajstić information content (AvgIpc) is 2.97. The number of ether oxygens (including phenoxy) is 1. The number of anilines is 2. The second kappa shape index (κ2) is 9.88. The number of rotatable bonds is 3. The van der Waals surface area contributed by atoms with Gasteiger partial charge in [-0.3, -0.25) is 4.90 Å². The van der Waals surface area contributed by atoms with Gasteiger partial charge in [-0.2, -0.15) is 0 Å². The van der Waals surface area contributed by atoms with E-state index in [4.69, 9.17) is 4.74 Å². The number of benzene rings is 2. The van der Waals surface area contributed by atoms with Crippen LogP contribution in [0.5, 0.6) is 5.75 Å². The van der Waals surface area contributed by atoms with E-state index in [9.17, 15) is 4.79 Å². The lowest BCUT2D eigenvalue weighted by atomic mass is 10.0. The van der Waals surface area contributed by atoms with E-state index < -0.39 is 0 Å². The average molecular weight is 416 g/mol. The largest absolute Gasteiger partial charge is 0.495 e. The van der Waals surface area contributed by atoms with Gasteiger partial charge in [-0.25, -0.2) is 4.79 Å². The predicted molar refractivity (Wildman–Crippen MR) is 121 cm³/mol. The van der Waals surface area contributed by atoms with Crippen LogP contribution in [0.2, 0.25) is 0 Å². The minimum Gasteiger partial charge on any atom is -0.495 e. The van der Waals surface area contributed by atoms with Gasteiger partial charge in [0.05, 0.1) is 12.8 Å². The van der Waals surface area contributed by atoms with Crippen LogP contribution in [0.25, 0.3) is 0 Å². The first-order valence-electron chi connectivity index (χ1n) is 10.3. The summed E-state index contributed by atoms with van der Waals surface area (Å²) in [6, 6.07) is 16.7. The standard InChI is InChI=1S/C23H29N3O2.ClH/c1-28-22-12-5-4-11-21(22)25-16-13-19(14-17-25)24-23(27)26-15-7-6-9-18-8-2-3-10-20(18)26;/h2-5,8,10-12,19H,6-7,9,13-17H2,1H3,(H,24,27);1H. The van der Waals surface area contributed by atoms with Gasteiger partial charge in [0.1, 0.15) is 5.75 Å². The fourth-order valence-electron chi connectivity index (χ4n) is 4.31. The second-order valence-electron chi connectivity index (χ2n) is 7.62. The van der Waals surface area contributed by atoms with Crippen LogP contribution in [0.15, 0.2) is 48.5 Å². The fraction of sp³-hybridized carbons (Fsp3) is 0.435. The molecule has 0 unspecified atom stereocenters. The molecule has 4 rings (SSSR count). The summed E-state index contributed by atoms with van der Waals surface area (Å²) in [5.74, 6) is 0.908. The molecule has 1 fully saturated rings. The molecule has 0 bridgehead atoms. The molecule has 5 nitrogen and oxygen atoms in total. The van der Waals surface area contributed by atoms with Gasteiger partial charge in [-0.15, -0.1) is 12.4 Å². The number of para-hydroxylation sites is 3. The first kappa shape index (κ1) is 21.3. The lowest BCUT2D eigenvalue weighted by Crippen LogP contribution is -2.49. The molecule has 2 aromatic carbocycles. The van der Waals surface area contributed by atoms with Gasteiger partial charge >= 0.3 is 6.03 Å². The van der Waals surface area contributed by atoms with Crippen molar-refractivity contribution in [3.63, 3.8) is 0 Å². The predicted octanol–water partition coefficient (Wildman–Crippen LogP) is 4.64. The SMILES string of the molecule is COc1ccccc1N1CCC(NC(=O)N2CCCCc3ccccc32)CC1.Cl. The maximum absolute atomic E-state index is 13.0. The van der Waals surface area contributed by atoms with Crippen LogP contribution in [0, 0.1) is 0 Å². The molecule has 0 aliphatic carbocycles. The van der Waals surface area contributed by atoms with E-state index in [2.05, 4.69) is 34.5 Å². The summed E-state index contributed by atoms with van der Waals surface area (Å²) in [6.45, 7) is 2.63. The van der Waals surface area contributed by atoms with Gasteiger partial charge < -0.3 is 15.0 Å². The molecule has 2 aliphatic heterocycles. The summed E-state index contributed by atoms with van der Waals surface area (Å²) in [7, 11) is 1.71.